The van der Waals surface area contributed by atoms with Gasteiger partial charge in [-0.1, -0.05) is 43.5 Å². The number of nitrogens with zero attached hydrogens (tertiary/aromatic N) is 3. The van der Waals surface area contributed by atoms with Crippen LogP contribution in [0.4, 0.5) is 0 Å². The molecule has 3 N–H and O–H groups in total. The molecule has 1 fully saturated rings. The van der Waals surface area contributed by atoms with E-state index in [0.717, 1.165) is 32.0 Å². The van der Waals surface area contributed by atoms with E-state index in [0.29, 0.717) is 6.54 Å². The summed E-state index contributed by atoms with van der Waals surface area (Å²) in [6, 6.07) is 10.4. The third-order valence-electron chi connectivity index (χ3n) is 5.95. The van der Waals surface area contributed by atoms with Gasteiger partial charge in [0.2, 0.25) is 0 Å². The minimum Gasteiger partial charge on any atom is -0.396 e. The average Bonchev–Trinajstić information content (AvgIpc) is 3.25. The predicted octanol–water partition coefficient (Wildman–Crippen LogP) is 3.94. The van der Waals surface area contributed by atoms with Crippen LogP contribution in [-0.4, -0.2) is 40.5 Å². The molecule has 2 aromatic rings. The van der Waals surface area contributed by atoms with Gasteiger partial charge in [0.25, 0.3) is 0 Å². The first kappa shape index (κ1) is 24.7. The number of benzene rings is 1. The smallest absolute Gasteiger partial charge is 0.191 e. The lowest BCUT2D eigenvalue weighted by atomic mass is 9.72. The Hall–Kier alpha value is -1.61. The molecule has 0 amide bonds. The molecule has 30 heavy (non-hydrogen) atoms. The zero-order chi connectivity index (χ0) is 20.4. The number of aromatic nitrogens is 2. The predicted molar refractivity (Wildman–Crippen MR) is 133 cm³/mol. The van der Waals surface area contributed by atoms with Gasteiger partial charge in [0, 0.05) is 32.1 Å². The molecule has 1 heterocycles. The topological polar surface area (TPSA) is 74.5 Å². The fourth-order valence-electron chi connectivity index (χ4n) is 4.27. The summed E-state index contributed by atoms with van der Waals surface area (Å²) in [5, 5.41) is 20.8. The van der Waals surface area contributed by atoms with Gasteiger partial charge < -0.3 is 15.7 Å². The van der Waals surface area contributed by atoms with Crippen LogP contribution in [0.25, 0.3) is 0 Å². The Kier molecular flexibility index (Phi) is 10.6. The average molecular weight is 525 g/mol. The zero-order valence-electron chi connectivity index (χ0n) is 18.0. The summed E-state index contributed by atoms with van der Waals surface area (Å²) >= 11 is 0. The first-order chi connectivity index (χ1) is 14.2. The highest BCUT2D eigenvalue weighted by Crippen LogP contribution is 2.38. The van der Waals surface area contributed by atoms with E-state index < -0.39 is 0 Å². The van der Waals surface area contributed by atoms with Gasteiger partial charge in [-0.05, 0) is 48.8 Å². The van der Waals surface area contributed by atoms with Crippen molar-refractivity contribution >= 4 is 29.9 Å². The molecule has 1 aromatic carbocycles. The van der Waals surface area contributed by atoms with Crippen molar-refractivity contribution in [1.29, 1.82) is 0 Å². The van der Waals surface area contributed by atoms with Crippen molar-refractivity contribution in [3.05, 3.63) is 53.9 Å². The highest BCUT2D eigenvalue weighted by Gasteiger charge is 2.31. The maximum atomic E-state index is 9.56. The van der Waals surface area contributed by atoms with Crippen LogP contribution in [0.2, 0.25) is 0 Å². The Labute approximate surface area is 197 Å². The second-order valence-electron chi connectivity index (χ2n) is 8.06. The summed E-state index contributed by atoms with van der Waals surface area (Å²) in [6.07, 6.45) is 10.9. The second kappa shape index (κ2) is 12.9. The molecule has 1 aliphatic rings. The van der Waals surface area contributed by atoms with Crippen molar-refractivity contribution in [2.75, 3.05) is 19.7 Å². The number of hydrogen-bond acceptors (Lipinski definition) is 3. The summed E-state index contributed by atoms with van der Waals surface area (Å²) in [5.41, 5.74) is 2.64. The number of aliphatic hydroxyl groups excluding tert-OH is 1. The molecule has 0 atom stereocenters. The van der Waals surface area contributed by atoms with Crippen LogP contribution >= 0.6 is 24.0 Å². The number of nitrogens with one attached hydrogen (secondary N) is 2. The van der Waals surface area contributed by atoms with Gasteiger partial charge in [0.05, 0.1) is 13.1 Å². The van der Waals surface area contributed by atoms with Crippen LogP contribution < -0.4 is 10.6 Å². The van der Waals surface area contributed by atoms with E-state index in [1.807, 2.05) is 16.9 Å². The minimum atomic E-state index is 0. The molecule has 0 spiro atoms. The van der Waals surface area contributed by atoms with Crippen molar-refractivity contribution in [1.82, 2.24) is 20.4 Å². The van der Waals surface area contributed by atoms with Crippen LogP contribution in [0.3, 0.4) is 0 Å². The fourth-order valence-corrected chi connectivity index (χ4v) is 4.27. The molecule has 0 saturated heterocycles. The highest BCUT2D eigenvalue weighted by atomic mass is 127. The summed E-state index contributed by atoms with van der Waals surface area (Å²) < 4.78 is 1.94. The third-order valence-corrected chi connectivity index (χ3v) is 5.95. The first-order valence-electron chi connectivity index (χ1n) is 10.9. The largest absolute Gasteiger partial charge is 0.396 e. The minimum absolute atomic E-state index is 0. The standard InChI is InChI=1S/C23H35N5O.HI/c1-2-24-22(26-19-23(13-16-29)11-6-3-7-12-23)25-17-20-9-4-5-10-21(20)18-28-15-8-14-27-28;/h4-5,8-10,14-15,29H,2-3,6-7,11-13,16-19H2,1H3,(H2,24,25,26);1H. The lowest BCUT2D eigenvalue weighted by molar-refractivity contribution is 0.131. The molecule has 166 valence electrons. The van der Waals surface area contributed by atoms with Gasteiger partial charge in [-0.15, -0.1) is 24.0 Å². The van der Waals surface area contributed by atoms with Gasteiger partial charge in [-0.2, -0.15) is 5.10 Å². The number of hydrogen-bond donors (Lipinski definition) is 3. The molecule has 0 radical (unpaired) electrons. The van der Waals surface area contributed by atoms with Crippen LogP contribution in [0.5, 0.6) is 0 Å². The van der Waals surface area contributed by atoms with E-state index in [1.54, 1.807) is 6.20 Å². The van der Waals surface area contributed by atoms with Gasteiger partial charge in [0.15, 0.2) is 5.96 Å². The van der Waals surface area contributed by atoms with Gasteiger partial charge >= 0.3 is 0 Å². The van der Waals surface area contributed by atoms with E-state index in [-0.39, 0.29) is 36.0 Å². The number of aliphatic imine (C=N–C) groups is 1. The Morgan fingerprint density at radius 2 is 1.90 bits per heavy atom. The van der Waals surface area contributed by atoms with E-state index >= 15 is 0 Å². The van der Waals surface area contributed by atoms with Crippen molar-refractivity contribution in [2.24, 2.45) is 10.4 Å². The Morgan fingerprint density at radius 3 is 2.57 bits per heavy atom. The van der Waals surface area contributed by atoms with E-state index in [2.05, 4.69) is 46.9 Å². The van der Waals surface area contributed by atoms with Crippen LogP contribution in [-0.2, 0) is 13.1 Å². The summed E-state index contributed by atoms with van der Waals surface area (Å²) in [4.78, 5) is 4.85. The maximum absolute atomic E-state index is 9.56. The highest BCUT2D eigenvalue weighted by molar-refractivity contribution is 14.0. The van der Waals surface area contributed by atoms with E-state index in [4.69, 9.17) is 4.99 Å². The fraction of sp³-hybridized carbons (Fsp3) is 0.565. The Bertz CT molecular complexity index is 751. The number of halogens is 1. The molecule has 0 unspecified atom stereocenters. The molecular weight excluding hydrogens is 489 g/mol. The number of guanidine groups is 1. The molecular formula is C23H36IN5O. The third kappa shape index (κ3) is 7.27. The molecule has 0 aliphatic heterocycles. The summed E-state index contributed by atoms with van der Waals surface area (Å²) in [6.45, 7) is 5.42. The van der Waals surface area contributed by atoms with Crippen LogP contribution in [0.15, 0.2) is 47.7 Å². The second-order valence-corrected chi connectivity index (χ2v) is 8.06. The number of rotatable bonds is 9. The van der Waals surface area contributed by atoms with E-state index in [1.165, 1.54) is 43.2 Å². The van der Waals surface area contributed by atoms with Crippen molar-refractivity contribution in [3.63, 3.8) is 0 Å². The van der Waals surface area contributed by atoms with Crippen molar-refractivity contribution < 1.29 is 5.11 Å². The van der Waals surface area contributed by atoms with Crippen LogP contribution in [0.1, 0.15) is 56.6 Å². The van der Waals surface area contributed by atoms with Gasteiger partial charge in [0.1, 0.15) is 0 Å². The lowest BCUT2D eigenvalue weighted by Gasteiger charge is -2.37. The summed E-state index contributed by atoms with van der Waals surface area (Å²) in [7, 11) is 0. The molecule has 0 bridgehead atoms. The van der Waals surface area contributed by atoms with E-state index in [9.17, 15) is 5.11 Å². The molecule has 1 saturated carbocycles. The SMILES string of the molecule is CCNC(=NCc1ccccc1Cn1cccn1)NCC1(CCO)CCCCC1.I. The van der Waals surface area contributed by atoms with Crippen LogP contribution in [0, 0.1) is 5.41 Å². The molecule has 1 aliphatic carbocycles. The molecule has 1 aromatic heterocycles. The quantitative estimate of drug-likeness (QED) is 0.264. The molecule has 3 rings (SSSR count). The van der Waals surface area contributed by atoms with Gasteiger partial charge in [-0.25, -0.2) is 4.99 Å². The van der Waals surface area contributed by atoms with Crippen molar-refractivity contribution in [2.45, 2.75) is 58.5 Å². The van der Waals surface area contributed by atoms with Crippen molar-refractivity contribution in [3.8, 4) is 0 Å². The molecule has 7 heteroatoms. The Morgan fingerprint density at radius 1 is 1.13 bits per heavy atom. The zero-order valence-corrected chi connectivity index (χ0v) is 20.3. The lowest BCUT2D eigenvalue weighted by Crippen LogP contribution is -2.45. The first-order valence-corrected chi connectivity index (χ1v) is 10.9. The normalized spacial score (nSPS) is 16.0. The summed E-state index contributed by atoms with van der Waals surface area (Å²) in [5.74, 6) is 0.851. The number of aliphatic hydroxyl groups is 1. The molecule has 6 nitrogen and oxygen atoms in total. The monoisotopic (exact) mass is 525 g/mol. The maximum Gasteiger partial charge on any atom is 0.191 e. The Balaban J connectivity index is 0.00000320. The van der Waals surface area contributed by atoms with Gasteiger partial charge in [-0.3, -0.25) is 4.68 Å².